The zero-order valence-corrected chi connectivity index (χ0v) is 12.3. The number of benzene rings is 1. The van der Waals surface area contributed by atoms with Gasteiger partial charge in [-0.1, -0.05) is 0 Å². The van der Waals surface area contributed by atoms with Gasteiger partial charge in [-0.05, 0) is 50.2 Å². The first kappa shape index (κ1) is 16.6. The van der Waals surface area contributed by atoms with Gasteiger partial charge in [0.15, 0.2) is 5.78 Å². The van der Waals surface area contributed by atoms with Crippen molar-refractivity contribution < 1.29 is 19.1 Å². The Labute approximate surface area is 128 Å². The molecule has 1 aromatic rings. The highest BCUT2D eigenvalue weighted by atomic mass is 19.1. The molecule has 1 heterocycles. The van der Waals surface area contributed by atoms with Crippen molar-refractivity contribution in [3.8, 4) is 0 Å². The lowest BCUT2D eigenvalue weighted by molar-refractivity contribution is -0.137. The smallest absolute Gasteiger partial charge is 0.304 e. The predicted octanol–water partition coefficient (Wildman–Crippen LogP) is 1.44. The SMILES string of the molecule is O=C(O)CC(CNC1CCNCC1)C(=O)c1ccc(F)cc1. The number of ketones is 1. The van der Waals surface area contributed by atoms with E-state index in [2.05, 4.69) is 10.6 Å². The van der Waals surface area contributed by atoms with Crippen LogP contribution in [0, 0.1) is 11.7 Å². The summed E-state index contributed by atoms with van der Waals surface area (Å²) in [6.45, 7) is 2.17. The molecule has 2 rings (SSSR count). The van der Waals surface area contributed by atoms with Gasteiger partial charge in [0, 0.05) is 24.1 Å². The molecule has 1 fully saturated rings. The molecule has 0 spiro atoms. The van der Waals surface area contributed by atoms with Crippen LogP contribution in [0.4, 0.5) is 4.39 Å². The van der Waals surface area contributed by atoms with E-state index in [0.717, 1.165) is 25.9 Å². The highest BCUT2D eigenvalue weighted by Crippen LogP contribution is 2.14. The van der Waals surface area contributed by atoms with E-state index in [-0.39, 0.29) is 12.2 Å². The number of Topliss-reactive ketones (excluding diaryl/α,β-unsaturated/α-hetero) is 1. The van der Waals surface area contributed by atoms with Gasteiger partial charge in [-0.3, -0.25) is 9.59 Å². The highest BCUT2D eigenvalue weighted by Gasteiger charge is 2.24. The Kier molecular flexibility index (Phi) is 6.03. The van der Waals surface area contributed by atoms with Crippen LogP contribution in [0.2, 0.25) is 0 Å². The van der Waals surface area contributed by atoms with Gasteiger partial charge in [-0.15, -0.1) is 0 Å². The van der Waals surface area contributed by atoms with Gasteiger partial charge >= 0.3 is 5.97 Å². The Morgan fingerprint density at radius 3 is 2.50 bits per heavy atom. The van der Waals surface area contributed by atoms with Crippen LogP contribution in [0.3, 0.4) is 0 Å². The average molecular weight is 308 g/mol. The van der Waals surface area contributed by atoms with Crippen molar-refractivity contribution in [3.05, 3.63) is 35.6 Å². The highest BCUT2D eigenvalue weighted by molar-refractivity contribution is 5.99. The van der Waals surface area contributed by atoms with Gasteiger partial charge < -0.3 is 15.7 Å². The Morgan fingerprint density at radius 2 is 1.91 bits per heavy atom. The molecule has 1 unspecified atom stereocenters. The summed E-state index contributed by atoms with van der Waals surface area (Å²) < 4.78 is 12.9. The molecule has 6 heteroatoms. The van der Waals surface area contributed by atoms with Crippen molar-refractivity contribution >= 4 is 11.8 Å². The molecule has 3 N–H and O–H groups in total. The molecule has 1 saturated heterocycles. The molecule has 0 aromatic heterocycles. The molecule has 1 aliphatic rings. The maximum atomic E-state index is 12.9. The van der Waals surface area contributed by atoms with Crippen molar-refractivity contribution in [2.24, 2.45) is 5.92 Å². The minimum absolute atomic E-state index is 0.228. The molecular formula is C16H21FN2O3. The monoisotopic (exact) mass is 308 g/mol. The maximum Gasteiger partial charge on any atom is 0.304 e. The van der Waals surface area contributed by atoms with Gasteiger partial charge in [0.2, 0.25) is 0 Å². The summed E-state index contributed by atoms with van der Waals surface area (Å²) in [6, 6.07) is 5.53. The molecule has 0 aliphatic carbocycles. The largest absolute Gasteiger partial charge is 0.481 e. The second-order valence-electron chi connectivity index (χ2n) is 5.60. The van der Waals surface area contributed by atoms with Crippen LogP contribution in [0.5, 0.6) is 0 Å². The lowest BCUT2D eigenvalue weighted by Crippen LogP contribution is -2.43. The molecule has 0 amide bonds. The molecule has 5 nitrogen and oxygen atoms in total. The van der Waals surface area contributed by atoms with Crippen LogP contribution in [-0.2, 0) is 4.79 Å². The van der Waals surface area contributed by atoms with Crippen LogP contribution in [-0.4, -0.2) is 42.5 Å². The number of halogens is 1. The second kappa shape index (κ2) is 8.00. The molecule has 0 saturated carbocycles. The quantitative estimate of drug-likeness (QED) is 0.664. The number of hydrogen-bond acceptors (Lipinski definition) is 4. The summed E-state index contributed by atoms with van der Waals surface area (Å²) >= 11 is 0. The molecular weight excluding hydrogens is 287 g/mol. The summed E-state index contributed by atoms with van der Waals surface area (Å²) in [5.74, 6) is -2.33. The molecule has 120 valence electrons. The number of nitrogens with one attached hydrogen (secondary N) is 2. The van der Waals surface area contributed by atoms with Crippen LogP contribution < -0.4 is 10.6 Å². The molecule has 22 heavy (non-hydrogen) atoms. The molecule has 1 aliphatic heterocycles. The fraction of sp³-hybridized carbons (Fsp3) is 0.500. The van der Waals surface area contributed by atoms with E-state index in [1.165, 1.54) is 24.3 Å². The van der Waals surface area contributed by atoms with Gasteiger partial charge in [0.1, 0.15) is 5.82 Å². The Hall–Kier alpha value is -1.79. The summed E-state index contributed by atoms with van der Waals surface area (Å²) in [6.07, 6.45) is 1.70. The number of carbonyl (C=O) groups is 2. The first-order chi connectivity index (χ1) is 10.6. The third-order valence-corrected chi connectivity index (χ3v) is 3.91. The van der Waals surface area contributed by atoms with E-state index in [9.17, 15) is 14.0 Å². The summed E-state index contributed by atoms with van der Waals surface area (Å²) in [5, 5.41) is 15.6. The normalized spacial score (nSPS) is 17.1. The number of rotatable bonds is 7. The summed E-state index contributed by atoms with van der Waals surface area (Å²) in [7, 11) is 0. The van der Waals surface area contributed by atoms with E-state index in [0.29, 0.717) is 18.2 Å². The zero-order chi connectivity index (χ0) is 15.9. The minimum atomic E-state index is -1.01. The predicted molar refractivity (Wildman–Crippen MR) is 80.4 cm³/mol. The van der Waals surface area contributed by atoms with E-state index < -0.39 is 17.7 Å². The van der Waals surface area contributed by atoms with Crippen molar-refractivity contribution in [2.45, 2.75) is 25.3 Å². The van der Waals surface area contributed by atoms with E-state index in [4.69, 9.17) is 5.11 Å². The van der Waals surface area contributed by atoms with Crippen molar-refractivity contribution in [3.63, 3.8) is 0 Å². The maximum absolute atomic E-state index is 12.9. The first-order valence-corrected chi connectivity index (χ1v) is 7.52. The van der Waals surface area contributed by atoms with Gasteiger partial charge in [0.05, 0.1) is 6.42 Å². The minimum Gasteiger partial charge on any atom is -0.481 e. The number of piperidine rings is 1. The van der Waals surface area contributed by atoms with Crippen molar-refractivity contribution in [1.82, 2.24) is 10.6 Å². The number of carboxylic acids is 1. The molecule has 0 bridgehead atoms. The third kappa shape index (κ3) is 4.89. The van der Waals surface area contributed by atoms with Crippen LogP contribution in [0.25, 0.3) is 0 Å². The standard InChI is InChI=1S/C16H21FN2O3/c17-13-3-1-11(2-4-13)16(22)12(9-15(20)21)10-19-14-5-7-18-8-6-14/h1-4,12,14,18-19H,5-10H2,(H,20,21). The van der Waals surface area contributed by atoms with Crippen LogP contribution in [0.1, 0.15) is 29.6 Å². The third-order valence-electron chi connectivity index (χ3n) is 3.91. The number of carbonyl (C=O) groups excluding carboxylic acids is 1. The van der Waals surface area contributed by atoms with Crippen molar-refractivity contribution in [1.29, 1.82) is 0 Å². The summed E-state index contributed by atoms with van der Waals surface area (Å²) in [5.41, 5.74) is 0.347. The van der Waals surface area contributed by atoms with E-state index >= 15 is 0 Å². The molecule has 1 aromatic carbocycles. The molecule has 0 radical (unpaired) electrons. The number of carboxylic acid groups (broad SMARTS) is 1. The second-order valence-corrected chi connectivity index (χ2v) is 5.60. The van der Waals surface area contributed by atoms with E-state index in [1.54, 1.807) is 0 Å². The topological polar surface area (TPSA) is 78.4 Å². The van der Waals surface area contributed by atoms with Crippen molar-refractivity contribution in [2.75, 3.05) is 19.6 Å². The fourth-order valence-corrected chi connectivity index (χ4v) is 2.65. The van der Waals surface area contributed by atoms with Gasteiger partial charge in [0.25, 0.3) is 0 Å². The Bertz CT molecular complexity index is 513. The van der Waals surface area contributed by atoms with Crippen LogP contribution >= 0.6 is 0 Å². The lowest BCUT2D eigenvalue weighted by Gasteiger charge is -2.25. The Balaban J connectivity index is 1.99. The number of aliphatic carboxylic acids is 1. The number of hydrogen-bond donors (Lipinski definition) is 3. The Morgan fingerprint density at radius 1 is 1.27 bits per heavy atom. The first-order valence-electron chi connectivity index (χ1n) is 7.52. The lowest BCUT2D eigenvalue weighted by atomic mass is 9.93. The van der Waals surface area contributed by atoms with E-state index in [1.807, 2.05) is 0 Å². The zero-order valence-electron chi connectivity index (χ0n) is 12.3. The summed E-state index contributed by atoms with van der Waals surface area (Å²) in [4.78, 5) is 23.4. The fourth-order valence-electron chi connectivity index (χ4n) is 2.65. The van der Waals surface area contributed by atoms with Gasteiger partial charge in [-0.25, -0.2) is 4.39 Å². The van der Waals surface area contributed by atoms with Gasteiger partial charge in [-0.2, -0.15) is 0 Å². The van der Waals surface area contributed by atoms with Crippen LogP contribution in [0.15, 0.2) is 24.3 Å². The molecule has 1 atom stereocenters. The average Bonchev–Trinajstić information content (AvgIpc) is 2.52.